The fourth-order valence-corrected chi connectivity index (χ4v) is 6.50. The molecule has 10 heteroatoms. The van der Waals surface area contributed by atoms with E-state index in [0.717, 1.165) is 10.5 Å². The molecule has 6 rings (SSSR count). The Morgan fingerprint density at radius 1 is 0.811 bits per heavy atom. The summed E-state index contributed by atoms with van der Waals surface area (Å²) in [6.45, 7) is 1.76. The van der Waals surface area contributed by atoms with Crippen LogP contribution in [0, 0.1) is 0 Å². The third-order valence-electron chi connectivity index (χ3n) is 6.94. The molecule has 0 aromatic heterocycles. The molecule has 3 aliphatic heterocycles. The molecular formula is C27H23N3O6S. The van der Waals surface area contributed by atoms with Crippen molar-refractivity contribution in [2.24, 2.45) is 0 Å². The highest BCUT2D eigenvalue weighted by atomic mass is 32.2. The number of ether oxygens (including phenoxy) is 1. The van der Waals surface area contributed by atoms with E-state index in [1.54, 1.807) is 65.6 Å². The van der Waals surface area contributed by atoms with Gasteiger partial charge in [0.2, 0.25) is 10.0 Å². The molecule has 3 amide bonds. The van der Waals surface area contributed by atoms with Gasteiger partial charge in [0.05, 0.1) is 34.9 Å². The van der Waals surface area contributed by atoms with Gasteiger partial charge >= 0.3 is 0 Å². The van der Waals surface area contributed by atoms with Crippen LogP contribution in [-0.4, -0.2) is 63.3 Å². The van der Waals surface area contributed by atoms with E-state index in [2.05, 4.69) is 0 Å². The Labute approximate surface area is 213 Å². The summed E-state index contributed by atoms with van der Waals surface area (Å²) in [4.78, 5) is 42.1. The Kier molecular flexibility index (Phi) is 5.67. The molecule has 188 valence electrons. The quantitative estimate of drug-likeness (QED) is 0.493. The zero-order valence-electron chi connectivity index (χ0n) is 19.8. The van der Waals surface area contributed by atoms with Crippen LogP contribution in [0.3, 0.4) is 0 Å². The Morgan fingerprint density at radius 2 is 1.51 bits per heavy atom. The van der Waals surface area contributed by atoms with Gasteiger partial charge in [0.15, 0.2) is 0 Å². The molecule has 0 atom stereocenters. The first-order chi connectivity index (χ1) is 17.9. The van der Waals surface area contributed by atoms with Crippen molar-refractivity contribution in [2.75, 3.05) is 42.6 Å². The van der Waals surface area contributed by atoms with Crippen LogP contribution in [0.1, 0.15) is 36.6 Å². The van der Waals surface area contributed by atoms with Crippen LogP contribution >= 0.6 is 0 Å². The number of carbonyl (C=O) groups is 3. The lowest BCUT2D eigenvalue weighted by Gasteiger charge is -2.26. The first kappa shape index (κ1) is 23.5. The molecule has 1 fully saturated rings. The number of anilines is 2. The van der Waals surface area contributed by atoms with E-state index in [1.807, 2.05) is 0 Å². The Balaban J connectivity index is 1.26. The summed E-state index contributed by atoms with van der Waals surface area (Å²) >= 11 is 0. The largest absolute Gasteiger partial charge is 0.379 e. The minimum Gasteiger partial charge on any atom is -0.379 e. The van der Waals surface area contributed by atoms with E-state index < -0.39 is 21.8 Å². The predicted octanol–water partition coefficient (Wildman–Crippen LogP) is 2.71. The maximum atomic E-state index is 13.5. The number of hydrogen-bond donors (Lipinski definition) is 0. The molecule has 1 saturated heterocycles. The summed E-state index contributed by atoms with van der Waals surface area (Å²) in [5, 5.41) is 0. The smallest absolute Gasteiger partial charge is 0.266 e. The molecule has 0 radical (unpaired) electrons. The van der Waals surface area contributed by atoms with E-state index in [4.69, 9.17) is 4.74 Å². The topological polar surface area (TPSA) is 104 Å². The molecule has 37 heavy (non-hydrogen) atoms. The molecule has 3 heterocycles. The van der Waals surface area contributed by atoms with Crippen LogP contribution < -0.4 is 9.80 Å². The highest BCUT2D eigenvalue weighted by Gasteiger charge is 2.37. The number of morpholine rings is 1. The van der Waals surface area contributed by atoms with Crippen LogP contribution in [0.2, 0.25) is 0 Å². The summed E-state index contributed by atoms with van der Waals surface area (Å²) < 4.78 is 32.8. The van der Waals surface area contributed by atoms with Crippen molar-refractivity contribution >= 4 is 39.1 Å². The molecule has 0 spiro atoms. The predicted molar refractivity (Wildman–Crippen MR) is 135 cm³/mol. The van der Waals surface area contributed by atoms with Crippen LogP contribution in [0.5, 0.6) is 0 Å². The van der Waals surface area contributed by atoms with Crippen LogP contribution in [0.25, 0.3) is 0 Å². The summed E-state index contributed by atoms with van der Waals surface area (Å²) in [7, 11) is -3.64. The lowest BCUT2D eigenvalue weighted by molar-refractivity contribution is 0.0730. The molecule has 0 N–H and O–H groups in total. The molecular weight excluding hydrogens is 494 g/mol. The van der Waals surface area contributed by atoms with Crippen molar-refractivity contribution in [3.8, 4) is 0 Å². The molecule has 0 aliphatic carbocycles. The molecule has 3 aromatic rings. The minimum absolute atomic E-state index is 0.204. The van der Waals surface area contributed by atoms with Crippen molar-refractivity contribution in [3.05, 3.63) is 89.0 Å². The summed E-state index contributed by atoms with van der Waals surface area (Å²) in [6, 6.07) is 17.9. The van der Waals surface area contributed by atoms with Crippen LogP contribution in [0.15, 0.2) is 71.6 Å². The van der Waals surface area contributed by atoms with Crippen molar-refractivity contribution in [3.63, 3.8) is 0 Å². The Hall–Kier alpha value is -3.86. The number of imide groups is 1. The molecule has 0 unspecified atom stereocenters. The summed E-state index contributed by atoms with van der Waals surface area (Å²) in [5.74, 6) is -1.14. The Morgan fingerprint density at radius 3 is 2.22 bits per heavy atom. The van der Waals surface area contributed by atoms with E-state index in [0.29, 0.717) is 67.3 Å². The number of rotatable bonds is 4. The van der Waals surface area contributed by atoms with Crippen LogP contribution in [-0.2, 0) is 21.2 Å². The number of amides is 3. The molecule has 3 aliphatic rings. The summed E-state index contributed by atoms with van der Waals surface area (Å²) in [6.07, 6.45) is 0.519. The van der Waals surface area contributed by atoms with Crippen molar-refractivity contribution in [1.82, 2.24) is 4.31 Å². The number of nitrogens with zero attached hydrogens (tertiary/aromatic N) is 3. The molecule has 0 saturated carbocycles. The van der Waals surface area contributed by atoms with Gasteiger partial charge in [-0.1, -0.05) is 18.2 Å². The van der Waals surface area contributed by atoms with E-state index in [-0.39, 0.29) is 10.8 Å². The minimum atomic E-state index is -3.64. The second kappa shape index (κ2) is 8.91. The number of carbonyl (C=O) groups excluding carboxylic acids is 3. The first-order valence-electron chi connectivity index (χ1n) is 12.0. The zero-order chi connectivity index (χ0) is 25.7. The number of hydrogen-bond acceptors (Lipinski definition) is 6. The monoisotopic (exact) mass is 517 g/mol. The fraction of sp³-hybridized carbons (Fsp3) is 0.222. The van der Waals surface area contributed by atoms with Gasteiger partial charge in [-0.3, -0.25) is 14.4 Å². The van der Waals surface area contributed by atoms with Gasteiger partial charge in [-0.2, -0.15) is 4.31 Å². The average molecular weight is 518 g/mol. The van der Waals surface area contributed by atoms with Gasteiger partial charge in [-0.15, -0.1) is 0 Å². The first-order valence-corrected chi connectivity index (χ1v) is 13.4. The Bertz CT molecular complexity index is 1530. The average Bonchev–Trinajstić information content (AvgIpc) is 3.47. The van der Waals surface area contributed by atoms with Crippen molar-refractivity contribution < 1.29 is 27.5 Å². The third-order valence-corrected chi connectivity index (χ3v) is 8.84. The van der Waals surface area contributed by atoms with Gasteiger partial charge in [-0.25, -0.2) is 13.3 Å². The van der Waals surface area contributed by atoms with E-state index >= 15 is 0 Å². The SMILES string of the molecule is O=C(c1cccc(N2C(=O)c3ccccc3C2=O)c1)N1CCc2cc(S(=O)(=O)N3CCOCC3)ccc21. The van der Waals surface area contributed by atoms with E-state index in [1.165, 1.54) is 10.4 Å². The van der Waals surface area contributed by atoms with Gasteiger partial charge in [0.1, 0.15) is 0 Å². The summed E-state index contributed by atoms with van der Waals surface area (Å²) in [5.41, 5.74) is 2.74. The zero-order valence-corrected chi connectivity index (χ0v) is 20.6. The van der Waals surface area contributed by atoms with Crippen molar-refractivity contribution in [2.45, 2.75) is 11.3 Å². The molecule has 3 aromatic carbocycles. The van der Waals surface area contributed by atoms with Gasteiger partial charge in [-0.05, 0) is 60.5 Å². The highest BCUT2D eigenvalue weighted by molar-refractivity contribution is 7.89. The van der Waals surface area contributed by atoms with Gasteiger partial charge < -0.3 is 9.64 Å². The number of sulfonamides is 1. The number of benzene rings is 3. The lowest BCUT2D eigenvalue weighted by atomic mass is 10.1. The third kappa shape index (κ3) is 3.85. The standard InChI is InChI=1S/C27H23N3O6S/c31-25(19-4-3-5-20(16-19)30-26(32)22-6-1-2-7-23(22)27(30)33)29-11-10-18-17-21(8-9-24(18)29)37(34,35)28-12-14-36-15-13-28/h1-9,16-17H,10-15H2. The number of fused-ring (bicyclic) bond motifs is 2. The maximum Gasteiger partial charge on any atom is 0.266 e. The second-order valence-corrected chi connectivity index (χ2v) is 11.0. The van der Waals surface area contributed by atoms with Crippen molar-refractivity contribution in [1.29, 1.82) is 0 Å². The normalized spacial score (nSPS) is 17.7. The lowest BCUT2D eigenvalue weighted by Crippen LogP contribution is -2.40. The van der Waals surface area contributed by atoms with Gasteiger partial charge in [0, 0.05) is 30.9 Å². The van der Waals surface area contributed by atoms with E-state index in [9.17, 15) is 22.8 Å². The second-order valence-electron chi connectivity index (χ2n) is 9.06. The maximum absolute atomic E-state index is 13.5. The fourth-order valence-electron chi connectivity index (χ4n) is 5.04. The highest BCUT2D eigenvalue weighted by Crippen LogP contribution is 2.34. The molecule has 0 bridgehead atoms. The van der Waals surface area contributed by atoms with Crippen LogP contribution in [0.4, 0.5) is 11.4 Å². The molecule has 9 nitrogen and oxygen atoms in total. The van der Waals surface area contributed by atoms with Gasteiger partial charge in [0.25, 0.3) is 17.7 Å².